The summed E-state index contributed by atoms with van der Waals surface area (Å²) in [4.78, 5) is 0.316. The van der Waals surface area contributed by atoms with Crippen LogP contribution in [0, 0.1) is 0 Å². The Kier molecular flexibility index (Phi) is 6.15. The molecule has 0 atom stereocenters. The highest BCUT2D eigenvalue weighted by atomic mass is 32.2. The molecule has 0 heterocycles. The van der Waals surface area contributed by atoms with Gasteiger partial charge in [-0.1, -0.05) is 13.3 Å². The Labute approximate surface area is 109 Å². The van der Waals surface area contributed by atoms with Gasteiger partial charge >= 0.3 is 0 Å². The first-order valence-corrected chi connectivity index (χ1v) is 8.07. The van der Waals surface area contributed by atoms with Gasteiger partial charge in [0.05, 0.1) is 4.90 Å². The number of hydrogen-bond donors (Lipinski definition) is 1. The molecule has 5 heteroatoms. The largest absolute Gasteiger partial charge is 0.492 e. The molecule has 18 heavy (non-hydrogen) atoms. The van der Waals surface area contributed by atoms with Crippen molar-refractivity contribution in [3.05, 3.63) is 24.3 Å². The molecule has 0 unspecified atom stereocenters. The van der Waals surface area contributed by atoms with Crippen LogP contribution in [0.25, 0.3) is 0 Å². The Morgan fingerprint density at radius 2 is 1.83 bits per heavy atom. The maximum atomic E-state index is 11.3. The van der Waals surface area contributed by atoms with E-state index >= 15 is 0 Å². The van der Waals surface area contributed by atoms with Crippen LogP contribution >= 0.6 is 0 Å². The first-order valence-electron chi connectivity index (χ1n) is 6.17. The molecule has 0 saturated heterocycles. The van der Waals surface area contributed by atoms with E-state index in [0.717, 1.165) is 13.1 Å². The quantitative estimate of drug-likeness (QED) is 0.733. The lowest BCUT2D eigenvalue weighted by Gasteiger charge is -2.07. The van der Waals surface area contributed by atoms with Gasteiger partial charge < -0.3 is 10.1 Å². The summed E-state index contributed by atoms with van der Waals surface area (Å²) in [5, 5.41) is 3.27. The first-order chi connectivity index (χ1) is 8.54. The SMILES string of the molecule is CCCCNCCOc1ccc(S(C)(=O)=O)cc1. The van der Waals surface area contributed by atoms with Crippen molar-refractivity contribution in [3.8, 4) is 5.75 Å². The highest BCUT2D eigenvalue weighted by molar-refractivity contribution is 7.90. The van der Waals surface area contributed by atoms with Crippen LogP contribution in [-0.2, 0) is 9.84 Å². The minimum absolute atomic E-state index is 0.316. The number of benzene rings is 1. The topological polar surface area (TPSA) is 55.4 Å². The van der Waals surface area contributed by atoms with E-state index in [9.17, 15) is 8.42 Å². The van der Waals surface area contributed by atoms with Crippen LogP contribution in [-0.4, -0.2) is 34.4 Å². The molecular formula is C13H21NO3S. The van der Waals surface area contributed by atoms with Crippen molar-refractivity contribution in [2.24, 2.45) is 0 Å². The lowest BCUT2D eigenvalue weighted by Crippen LogP contribution is -2.21. The molecule has 0 amide bonds. The van der Waals surface area contributed by atoms with Crippen molar-refractivity contribution in [1.82, 2.24) is 5.32 Å². The van der Waals surface area contributed by atoms with Crippen molar-refractivity contribution in [2.75, 3.05) is 26.0 Å². The zero-order valence-corrected chi connectivity index (χ0v) is 11.8. The number of ether oxygens (including phenoxy) is 1. The second-order valence-electron chi connectivity index (χ2n) is 4.20. The van der Waals surface area contributed by atoms with E-state index in [0.29, 0.717) is 17.3 Å². The summed E-state index contributed by atoms with van der Waals surface area (Å²) in [6.07, 6.45) is 3.55. The van der Waals surface area contributed by atoms with E-state index in [-0.39, 0.29) is 0 Å². The zero-order chi connectivity index (χ0) is 13.4. The van der Waals surface area contributed by atoms with E-state index < -0.39 is 9.84 Å². The summed E-state index contributed by atoms with van der Waals surface area (Å²) in [6, 6.07) is 6.50. The Morgan fingerprint density at radius 3 is 2.39 bits per heavy atom. The van der Waals surface area contributed by atoms with E-state index in [4.69, 9.17) is 4.74 Å². The number of nitrogens with one attached hydrogen (secondary N) is 1. The van der Waals surface area contributed by atoms with E-state index in [1.807, 2.05) is 0 Å². The van der Waals surface area contributed by atoms with Gasteiger partial charge in [0, 0.05) is 12.8 Å². The fourth-order valence-corrected chi connectivity index (χ4v) is 2.08. The van der Waals surface area contributed by atoms with Crippen LogP contribution in [0.15, 0.2) is 29.2 Å². The molecule has 0 aliphatic rings. The predicted octanol–water partition coefficient (Wildman–Crippen LogP) is 1.86. The van der Waals surface area contributed by atoms with Crippen LogP contribution < -0.4 is 10.1 Å². The maximum absolute atomic E-state index is 11.3. The zero-order valence-electron chi connectivity index (χ0n) is 11.0. The molecule has 0 aromatic heterocycles. The third-order valence-corrected chi connectivity index (χ3v) is 3.64. The molecule has 4 nitrogen and oxygen atoms in total. The van der Waals surface area contributed by atoms with Gasteiger partial charge in [0.2, 0.25) is 0 Å². The van der Waals surface area contributed by atoms with Crippen molar-refractivity contribution in [1.29, 1.82) is 0 Å². The number of unbranched alkanes of at least 4 members (excludes halogenated alkanes) is 1. The second kappa shape index (κ2) is 7.38. The molecule has 0 saturated carbocycles. The Hall–Kier alpha value is -1.07. The summed E-state index contributed by atoms with van der Waals surface area (Å²) >= 11 is 0. The Morgan fingerprint density at radius 1 is 1.17 bits per heavy atom. The van der Waals surface area contributed by atoms with Gasteiger partial charge in [-0.3, -0.25) is 0 Å². The lowest BCUT2D eigenvalue weighted by atomic mass is 10.3. The lowest BCUT2D eigenvalue weighted by molar-refractivity contribution is 0.313. The van der Waals surface area contributed by atoms with Gasteiger partial charge in [0.1, 0.15) is 12.4 Å². The summed E-state index contributed by atoms with van der Waals surface area (Å²) in [5.74, 6) is 0.694. The number of hydrogen-bond acceptors (Lipinski definition) is 4. The molecular weight excluding hydrogens is 250 g/mol. The van der Waals surface area contributed by atoms with Gasteiger partial charge in [-0.25, -0.2) is 8.42 Å². The van der Waals surface area contributed by atoms with Gasteiger partial charge in [0.25, 0.3) is 0 Å². The van der Waals surface area contributed by atoms with Gasteiger partial charge in [-0.15, -0.1) is 0 Å². The predicted molar refractivity (Wildman–Crippen MR) is 72.8 cm³/mol. The first kappa shape index (κ1) is 15.0. The van der Waals surface area contributed by atoms with Crippen molar-refractivity contribution < 1.29 is 13.2 Å². The van der Waals surface area contributed by atoms with Gasteiger partial charge in [0.15, 0.2) is 9.84 Å². The molecule has 0 spiro atoms. The van der Waals surface area contributed by atoms with Crippen LogP contribution in [0.1, 0.15) is 19.8 Å². The molecule has 1 rings (SSSR count). The van der Waals surface area contributed by atoms with Crippen LogP contribution in [0.3, 0.4) is 0 Å². The fourth-order valence-electron chi connectivity index (χ4n) is 1.45. The standard InChI is InChI=1S/C13H21NO3S/c1-3-4-9-14-10-11-17-12-5-7-13(8-6-12)18(2,15)16/h5-8,14H,3-4,9-11H2,1-2H3. The third-order valence-electron chi connectivity index (χ3n) is 2.51. The minimum Gasteiger partial charge on any atom is -0.492 e. The molecule has 102 valence electrons. The summed E-state index contributed by atoms with van der Waals surface area (Å²) < 4.78 is 28.0. The minimum atomic E-state index is -3.12. The normalized spacial score (nSPS) is 11.4. The Balaban J connectivity index is 2.32. The number of rotatable bonds is 8. The highest BCUT2D eigenvalue weighted by Crippen LogP contribution is 2.15. The van der Waals surface area contributed by atoms with Crippen molar-refractivity contribution >= 4 is 9.84 Å². The third kappa shape index (κ3) is 5.51. The van der Waals surface area contributed by atoms with Crippen LogP contribution in [0.2, 0.25) is 0 Å². The fraction of sp³-hybridized carbons (Fsp3) is 0.538. The molecule has 0 aliphatic heterocycles. The smallest absolute Gasteiger partial charge is 0.175 e. The van der Waals surface area contributed by atoms with Gasteiger partial charge in [-0.05, 0) is 37.2 Å². The van der Waals surface area contributed by atoms with E-state index in [1.165, 1.54) is 19.1 Å². The molecule has 1 aromatic rings. The van der Waals surface area contributed by atoms with Crippen molar-refractivity contribution in [3.63, 3.8) is 0 Å². The molecule has 1 aromatic carbocycles. The molecule has 0 bridgehead atoms. The van der Waals surface area contributed by atoms with Gasteiger partial charge in [-0.2, -0.15) is 0 Å². The summed E-state index contributed by atoms with van der Waals surface area (Å²) in [5.41, 5.74) is 0. The average Bonchev–Trinajstić information content (AvgIpc) is 2.33. The molecule has 0 fully saturated rings. The summed E-state index contributed by atoms with van der Waals surface area (Å²) in [7, 11) is -3.12. The second-order valence-corrected chi connectivity index (χ2v) is 6.21. The van der Waals surface area contributed by atoms with Crippen molar-refractivity contribution in [2.45, 2.75) is 24.7 Å². The van der Waals surface area contributed by atoms with E-state index in [1.54, 1.807) is 24.3 Å². The van der Waals surface area contributed by atoms with E-state index in [2.05, 4.69) is 12.2 Å². The maximum Gasteiger partial charge on any atom is 0.175 e. The summed E-state index contributed by atoms with van der Waals surface area (Å²) in [6.45, 7) is 4.55. The number of sulfone groups is 1. The molecule has 1 N–H and O–H groups in total. The highest BCUT2D eigenvalue weighted by Gasteiger charge is 2.06. The van der Waals surface area contributed by atoms with Crippen LogP contribution in [0.4, 0.5) is 0 Å². The molecule has 0 aliphatic carbocycles. The Bertz CT molecular complexity index is 440. The van der Waals surface area contributed by atoms with Crippen LogP contribution in [0.5, 0.6) is 5.75 Å². The average molecular weight is 271 g/mol. The monoisotopic (exact) mass is 271 g/mol. The molecule has 0 radical (unpaired) electrons.